The van der Waals surface area contributed by atoms with Crippen molar-refractivity contribution in [3.63, 3.8) is 0 Å². The van der Waals surface area contributed by atoms with Gasteiger partial charge in [0.1, 0.15) is 0 Å². The fourth-order valence-corrected chi connectivity index (χ4v) is 7.24. The first-order valence-electron chi connectivity index (χ1n) is 18.5. The van der Waals surface area contributed by atoms with Crippen LogP contribution in [0.1, 0.15) is 36.1 Å². The second-order valence-electron chi connectivity index (χ2n) is 13.2. The molecule has 2 N–H and O–H groups in total. The Labute approximate surface area is 336 Å². The third kappa shape index (κ3) is 15.6. The number of hydrogen-bond donors (Lipinski definition) is 2. The second-order valence-corrected chi connectivity index (χ2v) is 15.3. The van der Waals surface area contributed by atoms with Gasteiger partial charge in [-0.05, 0) is 83.6 Å². The fourth-order valence-electron chi connectivity index (χ4n) is 5.53. The molecule has 5 nitrogen and oxygen atoms in total. The molecule has 0 bridgehead atoms. The van der Waals surface area contributed by atoms with Gasteiger partial charge in [-0.15, -0.1) is 23.5 Å². The highest BCUT2D eigenvalue weighted by atomic mass is 32.2. The van der Waals surface area contributed by atoms with E-state index in [0.717, 1.165) is 34.9 Å². The lowest BCUT2D eigenvalue weighted by Gasteiger charge is -2.22. The van der Waals surface area contributed by atoms with Crippen LogP contribution in [0, 0.1) is 11.8 Å². The van der Waals surface area contributed by atoms with Gasteiger partial charge >= 0.3 is 5.97 Å². The van der Waals surface area contributed by atoms with Gasteiger partial charge in [0, 0.05) is 52.7 Å². The molecule has 55 heavy (non-hydrogen) atoms. The SMILES string of the molecule is CNc1ccc(SCc2ccccc2)cc1.C[C@@H](Cc1ccccc1)C(=O)N(C)c1ccc(SCc2ccccc2)cc1.C[C@@H](Cc1ccccc1)C(=O)O. The van der Waals surface area contributed by atoms with E-state index in [2.05, 4.69) is 108 Å². The van der Waals surface area contributed by atoms with E-state index in [1.54, 1.807) is 23.6 Å². The van der Waals surface area contributed by atoms with Crippen molar-refractivity contribution >= 4 is 46.8 Å². The summed E-state index contributed by atoms with van der Waals surface area (Å²) in [6, 6.07) is 57.6. The minimum atomic E-state index is -0.737. The van der Waals surface area contributed by atoms with Crippen LogP contribution < -0.4 is 10.2 Å². The van der Waals surface area contributed by atoms with E-state index >= 15 is 0 Å². The zero-order valence-corrected chi connectivity index (χ0v) is 33.8. The summed E-state index contributed by atoms with van der Waals surface area (Å²) in [5, 5.41) is 11.8. The normalized spacial score (nSPS) is 11.4. The lowest BCUT2D eigenvalue weighted by atomic mass is 10.00. The van der Waals surface area contributed by atoms with E-state index in [1.807, 2.05) is 99.5 Å². The van der Waals surface area contributed by atoms with Crippen LogP contribution in [0.25, 0.3) is 0 Å². The Morgan fingerprint density at radius 2 is 0.909 bits per heavy atom. The molecule has 0 aromatic heterocycles. The molecular formula is C48H52N2O3S2. The highest BCUT2D eigenvalue weighted by Crippen LogP contribution is 2.26. The van der Waals surface area contributed by atoms with Crippen molar-refractivity contribution in [2.24, 2.45) is 11.8 Å². The van der Waals surface area contributed by atoms with E-state index in [9.17, 15) is 9.59 Å². The van der Waals surface area contributed by atoms with E-state index in [-0.39, 0.29) is 17.7 Å². The van der Waals surface area contributed by atoms with Crippen molar-refractivity contribution in [1.82, 2.24) is 0 Å². The summed E-state index contributed by atoms with van der Waals surface area (Å²) in [5.74, 6) is 1.03. The first kappa shape index (κ1) is 42.5. The number of rotatable bonds is 14. The van der Waals surface area contributed by atoms with Gasteiger partial charge in [0.2, 0.25) is 5.91 Å². The molecule has 0 radical (unpaired) electrons. The number of thioether (sulfide) groups is 2. The van der Waals surface area contributed by atoms with Crippen LogP contribution in [0.5, 0.6) is 0 Å². The van der Waals surface area contributed by atoms with Crippen molar-refractivity contribution in [1.29, 1.82) is 0 Å². The van der Waals surface area contributed by atoms with E-state index in [0.29, 0.717) is 6.42 Å². The van der Waals surface area contributed by atoms with Crippen molar-refractivity contribution < 1.29 is 14.7 Å². The van der Waals surface area contributed by atoms with Crippen LogP contribution in [0.4, 0.5) is 11.4 Å². The number of nitrogens with zero attached hydrogens (tertiary/aromatic N) is 1. The number of carbonyl (C=O) groups is 2. The lowest BCUT2D eigenvalue weighted by Crippen LogP contribution is -2.32. The van der Waals surface area contributed by atoms with Crippen LogP contribution in [-0.2, 0) is 33.9 Å². The van der Waals surface area contributed by atoms with Gasteiger partial charge in [0.25, 0.3) is 0 Å². The van der Waals surface area contributed by atoms with Crippen molar-refractivity contribution in [3.05, 3.63) is 192 Å². The molecule has 1 amide bonds. The summed E-state index contributed by atoms with van der Waals surface area (Å²) in [7, 11) is 3.79. The quantitative estimate of drug-likeness (QED) is 0.108. The third-order valence-corrected chi connectivity index (χ3v) is 11.0. The number of amides is 1. The smallest absolute Gasteiger partial charge is 0.306 e. The number of aliphatic carboxylic acids is 1. The molecule has 284 valence electrons. The molecule has 0 heterocycles. The average Bonchev–Trinajstić information content (AvgIpc) is 3.24. The molecule has 0 unspecified atom stereocenters. The predicted molar refractivity (Wildman–Crippen MR) is 234 cm³/mol. The zero-order valence-electron chi connectivity index (χ0n) is 32.2. The molecule has 0 saturated heterocycles. The van der Waals surface area contributed by atoms with E-state index < -0.39 is 5.97 Å². The van der Waals surface area contributed by atoms with Crippen LogP contribution in [-0.4, -0.2) is 31.1 Å². The number of carboxylic acid groups (broad SMARTS) is 1. The van der Waals surface area contributed by atoms with Gasteiger partial charge in [-0.1, -0.05) is 135 Å². The zero-order chi connectivity index (χ0) is 39.3. The van der Waals surface area contributed by atoms with Crippen molar-refractivity contribution in [2.45, 2.75) is 48.0 Å². The van der Waals surface area contributed by atoms with Gasteiger partial charge in [-0.2, -0.15) is 0 Å². The molecule has 6 aromatic rings. The summed E-state index contributed by atoms with van der Waals surface area (Å²) in [6.07, 6.45) is 1.37. The highest BCUT2D eigenvalue weighted by Gasteiger charge is 2.19. The largest absolute Gasteiger partial charge is 0.481 e. The lowest BCUT2D eigenvalue weighted by molar-refractivity contribution is -0.141. The van der Waals surface area contributed by atoms with E-state index in [4.69, 9.17) is 5.11 Å². The van der Waals surface area contributed by atoms with Crippen LogP contribution in [0.15, 0.2) is 180 Å². The first-order chi connectivity index (χ1) is 26.7. The number of carbonyl (C=O) groups excluding carboxylic acids is 1. The van der Waals surface area contributed by atoms with Gasteiger partial charge in [0.05, 0.1) is 5.92 Å². The summed E-state index contributed by atoms with van der Waals surface area (Å²) in [4.78, 5) is 27.5. The highest BCUT2D eigenvalue weighted by molar-refractivity contribution is 7.98. The van der Waals surface area contributed by atoms with Crippen LogP contribution in [0.2, 0.25) is 0 Å². The summed E-state index contributed by atoms with van der Waals surface area (Å²) < 4.78 is 0. The molecule has 2 atom stereocenters. The number of hydrogen-bond acceptors (Lipinski definition) is 5. The molecule has 0 aliphatic rings. The number of nitrogens with one attached hydrogen (secondary N) is 1. The Hall–Kier alpha value is -5.24. The number of benzene rings is 6. The molecule has 0 fully saturated rings. The van der Waals surface area contributed by atoms with E-state index in [1.165, 1.54) is 26.5 Å². The summed E-state index contributed by atoms with van der Waals surface area (Å²) >= 11 is 3.67. The van der Waals surface area contributed by atoms with Gasteiger partial charge < -0.3 is 15.3 Å². The Morgan fingerprint density at radius 1 is 0.545 bits per heavy atom. The Balaban J connectivity index is 0.000000203. The van der Waals surface area contributed by atoms with Gasteiger partial charge in [-0.25, -0.2) is 0 Å². The molecule has 7 heteroatoms. The van der Waals surface area contributed by atoms with Crippen LogP contribution >= 0.6 is 23.5 Å². The maximum atomic E-state index is 12.8. The summed E-state index contributed by atoms with van der Waals surface area (Å²) in [6.45, 7) is 3.71. The average molecular weight is 769 g/mol. The molecule has 0 saturated carbocycles. The Bertz CT molecular complexity index is 1960. The third-order valence-electron chi connectivity index (χ3n) is 8.81. The Kier molecular flexibility index (Phi) is 18.2. The van der Waals surface area contributed by atoms with Crippen molar-refractivity contribution in [2.75, 3.05) is 24.3 Å². The molecule has 6 rings (SSSR count). The monoisotopic (exact) mass is 768 g/mol. The minimum Gasteiger partial charge on any atom is -0.481 e. The molecular weight excluding hydrogens is 717 g/mol. The Morgan fingerprint density at radius 3 is 1.29 bits per heavy atom. The van der Waals surface area contributed by atoms with Crippen molar-refractivity contribution in [3.8, 4) is 0 Å². The number of anilines is 2. The molecule has 0 spiro atoms. The standard InChI is InChI=1S/C24H25NOS.C14H15NS.C10H12O2/c1-19(17-20-9-5-3-6-10-20)24(26)25(2)22-13-15-23(16-14-22)27-18-21-11-7-4-8-12-21;1-15-13-7-9-14(10-8-13)16-11-12-5-3-2-4-6-12;1-8(10(11)12)7-9-5-3-2-4-6-9/h3-16,19H,17-18H2,1-2H3;2-10,15H,11H2,1H3;2-6,8H,7H2,1H3,(H,11,12)/t19-;;8-/m0.0/s1. The minimum absolute atomic E-state index is 0.0514. The first-order valence-corrected chi connectivity index (χ1v) is 20.5. The molecule has 0 aliphatic carbocycles. The topological polar surface area (TPSA) is 69.6 Å². The maximum absolute atomic E-state index is 12.8. The van der Waals surface area contributed by atoms with Gasteiger partial charge in [0.15, 0.2) is 0 Å². The fraction of sp³-hybridized carbons (Fsp3) is 0.208. The number of carboxylic acids is 1. The maximum Gasteiger partial charge on any atom is 0.306 e. The second kappa shape index (κ2) is 23.5. The molecule has 6 aromatic carbocycles. The van der Waals surface area contributed by atoms with Crippen LogP contribution in [0.3, 0.4) is 0 Å². The van der Waals surface area contributed by atoms with Gasteiger partial charge in [-0.3, -0.25) is 9.59 Å². The summed E-state index contributed by atoms with van der Waals surface area (Å²) in [5.41, 5.74) is 7.04. The molecule has 0 aliphatic heterocycles. The predicted octanol–water partition coefficient (Wildman–Crippen LogP) is 11.8.